The van der Waals surface area contributed by atoms with Gasteiger partial charge in [0.15, 0.2) is 5.82 Å². The Morgan fingerprint density at radius 1 is 1.06 bits per heavy atom. The zero-order valence-corrected chi connectivity index (χ0v) is 9.91. The van der Waals surface area contributed by atoms with Gasteiger partial charge >= 0.3 is 0 Å². The molecule has 0 aliphatic rings. The molecule has 2 rings (SSSR count). The minimum absolute atomic E-state index is 0.728. The molecule has 2 aromatic rings. The highest BCUT2D eigenvalue weighted by molar-refractivity contribution is 6.30. The van der Waals surface area contributed by atoms with Gasteiger partial charge in [0.1, 0.15) is 0 Å². The lowest BCUT2D eigenvalue weighted by Gasteiger charge is -2.01. The Kier molecular flexibility index (Phi) is 3.52. The van der Waals surface area contributed by atoms with Gasteiger partial charge < -0.3 is 0 Å². The maximum atomic E-state index is 5.82. The molecule has 0 aliphatic carbocycles. The van der Waals surface area contributed by atoms with Crippen LogP contribution in [0.4, 0.5) is 0 Å². The van der Waals surface area contributed by atoms with Gasteiger partial charge in [-0.1, -0.05) is 24.9 Å². The lowest BCUT2D eigenvalue weighted by atomic mass is 10.2. The van der Waals surface area contributed by atoms with E-state index in [2.05, 4.69) is 16.9 Å². The predicted octanol–water partition coefficient (Wildman–Crippen LogP) is 3.75. The van der Waals surface area contributed by atoms with E-state index >= 15 is 0 Å². The number of aryl methyl sites for hydroxylation is 1. The summed E-state index contributed by atoms with van der Waals surface area (Å²) in [7, 11) is 0. The third-order valence-corrected chi connectivity index (χ3v) is 2.60. The van der Waals surface area contributed by atoms with Crippen LogP contribution in [-0.2, 0) is 6.42 Å². The van der Waals surface area contributed by atoms with Crippen molar-refractivity contribution < 1.29 is 0 Å². The summed E-state index contributed by atoms with van der Waals surface area (Å²) in [6.07, 6.45) is 5.92. The molecule has 0 atom stereocenters. The zero-order chi connectivity index (χ0) is 11.4. The van der Waals surface area contributed by atoms with Crippen molar-refractivity contribution in [2.45, 2.75) is 19.8 Å². The molecule has 0 fully saturated rings. The van der Waals surface area contributed by atoms with E-state index in [1.807, 2.05) is 36.7 Å². The Bertz CT molecular complexity index is 448. The number of rotatable bonds is 3. The van der Waals surface area contributed by atoms with Crippen LogP contribution in [0.2, 0.25) is 5.02 Å². The van der Waals surface area contributed by atoms with Gasteiger partial charge in [0.25, 0.3) is 0 Å². The lowest BCUT2D eigenvalue weighted by Crippen LogP contribution is -1.92. The predicted molar refractivity (Wildman–Crippen MR) is 66.5 cm³/mol. The second-order valence-corrected chi connectivity index (χ2v) is 4.11. The van der Waals surface area contributed by atoms with Crippen molar-refractivity contribution in [2.24, 2.45) is 0 Å². The second-order valence-electron chi connectivity index (χ2n) is 3.67. The van der Waals surface area contributed by atoms with Gasteiger partial charge in [-0.3, -0.25) is 0 Å². The topological polar surface area (TPSA) is 25.8 Å². The lowest BCUT2D eigenvalue weighted by molar-refractivity contribution is 0.902. The van der Waals surface area contributed by atoms with E-state index in [1.165, 1.54) is 5.56 Å². The Hall–Kier alpha value is -1.41. The van der Waals surface area contributed by atoms with Crippen LogP contribution in [0, 0.1) is 0 Å². The molecule has 0 amide bonds. The van der Waals surface area contributed by atoms with Crippen molar-refractivity contribution in [1.82, 2.24) is 9.97 Å². The summed E-state index contributed by atoms with van der Waals surface area (Å²) in [5, 5.41) is 0.728. The molecule has 0 spiro atoms. The highest BCUT2D eigenvalue weighted by Crippen LogP contribution is 2.17. The van der Waals surface area contributed by atoms with E-state index in [0.29, 0.717) is 0 Å². The van der Waals surface area contributed by atoms with Gasteiger partial charge in [-0.25, -0.2) is 9.97 Å². The van der Waals surface area contributed by atoms with Gasteiger partial charge in [0.2, 0.25) is 0 Å². The zero-order valence-electron chi connectivity index (χ0n) is 9.15. The first-order valence-corrected chi connectivity index (χ1v) is 5.74. The fourth-order valence-electron chi connectivity index (χ4n) is 1.52. The van der Waals surface area contributed by atoms with Crippen LogP contribution in [0.25, 0.3) is 11.4 Å². The molecule has 0 aliphatic heterocycles. The Labute approximate surface area is 100 Å². The van der Waals surface area contributed by atoms with Crippen LogP contribution < -0.4 is 0 Å². The van der Waals surface area contributed by atoms with Gasteiger partial charge in [-0.15, -0.1) is 0 Å². The molecule has 0 saturated carbocycles. The first kappa shape index (κ1) is 11.1. The molecular weight excluding hydrogens is 220 g/mol. The Morgan fingerprint density at radius 2 is 1.69 bits per heavy atom. The molecule has 82 valence electrons. The van der Waals surface area contributed by atoms with Crippen LogP contribution in [0.5, 0.6) is 0 Å². The van der Waals surface area contributed by atoms with Crippen molar-refractivity contribution in [2.75, 3.05) is 0 Å². The van der Waals surface area contributed by atoms with Crippen LogP contribution in [0.15, 0.2) is 36.7 Å². The van der Waals surface area contributed by atoms with Crippen molar-refractivity contribution in [1.29, 1.82) is 0 Å². The SMILES string of the molecule is CCCc1cnc(-c2ccc(Cl)cc2)nc1. The molecule has 1 aromatic heterocycles. The number of nitrogens with zero attached hydrogens (tertiary/aromatic N) is 2. The molecule has 16 heavy (non-hydrogen) atoms. The summed E-state index contributed by atoms with van der Waals surface area (Å²) in [6, 6.07) is 7.55. The summed E-state index contributed by atoms with van der Waals surface area (Å²) in [6.45, 7) is 2.15. The maximum absolute atomic E-state index is 5.82. The molecule has 0 saturated heterocycles. The summed E-state index contributed by atoms with van der Waals surface area (Å²) in [4.78, 5) is 8.69. The van der Waals surface area contributed by atoms with E-state index in [-0.39, 0.29) is 0 Å². The minimum Gasteiger partial charge on any atom is -0.236 e. The van der Waals surface area contributed by atoms with E-state index in [1.54, 1.807) is 0 Å². The summed E-state index contributed by atoms with van der Waals surface area (Å²) in [5.41, 5.74) is 2.17. The number of hydrogen-bond acceptors (Lipinski definition) is 2. The van der Waals surface area contributed by atoms with Crippen molar-refractivity contribution >= 4 is 11.6 Å². The standard InChI is InChI=1S/C13H13ClN2/c1-2-3-10-8-15-13(16-9-10)11-4-6-12(14)7-5-11/h4-9H,2-3H2,1H3. The number of benzene rings is 1. The molecule has 0 radical (unpaired) electrons. The van der Waals surface area contributed by atoms with E-state index in [4.69, 9.17) is 11.6 Å². The van der Waals surface area contributed by atoms with Crippen LogP contribution in [-0.4, -0.2) is 9.97 Å². The van der Waals surface area contributed by atoms with Gasteiger partial charge in [0, 0.05) is 23.0 Å². The summed E-state index contributed by atoms with van der Waals surface area (Å²) < 4.78 is 0. The first-order chi connectivity index (χ1) is 7.79. The quantitative estimate of drug-likeness (QED) is 0.806. The van der Waals surface area contributed by atoms with E-state index < -0.39 is 0 Å². The average Bonchev–Trinajstić information content (AvgIpc) is 2.32. The molecule has 0 unspecified atom stereocenters. The largest absolute Gasteiger partial charge is 0.236 e. The van der Waals surface area contributed by atoms with E-state index in [0.717, 1.165) is 29.3 Å². The molecular formula is C13H13ClN2. The number of aromatic nitrogens is 2. The van der Waals surface area contributed by atoms with Gasteiger partial charge in [-0.2, -0.15) is 0 Å². The van der Waals surface area contributed by atoms with Crippen molar-refractivity contribution in [3.05, 3.63) is 47.2 Å². The summed E-state index contributed by atoms with van der Waals surface area (Å²) in [5.74, 6) is 0.747. The van der Waals surface area contributed by atoms with E-state index in [9.17, 15) is 0 Å². The van der Waals surface area contributed by atoms with Crippen molar-refractivity contribution in [3.63, 3.8) is 0 Å². The third-order valence-electron chi connectivity index (χ3n) is 2.35. The first-order valence-electron chi connectivity index (χ1n) is 5.36. The number of hydrogen-bond donors (Lipinski definition) is 0. The average molecular weight is 233 g/mol. The molecule has 3 heteroatoms. The highest BCUT2D eigenvalue weighted by Gasteiger charge is 2.00. The summed E-state index contributed by atoms with van der Waals surface area (Å²) >= 11 is 5.82. The molecule has 0 N–H and O–H groups in total. The number of halogens is 1. The molecule has 2 nitrogen and oxygen atoms in total. The Morgan fingerprint density at radius 3 is 2.25 bits per heavy atom. The smallest absolute Gasteiger partial charge is 0.159 e. The third kappa shape index (κ3) is 2.58. The monoisotopic (exact) mass is 232 g/mol. The van der Waals surface area contributed by atoms with Gasteiger partial charge in [-0.05, 0) is 36.2 Å². The minimum atomic E-state index is 0.728. The van der Waals surface area contributed by atoms with Crippen LogP contribution in [0.3, 0.4) is 0 Å². The van der Waals surface area contributed by atoms with Crippen molar-refractivity contribution in [3.8, 4) is 11.4 Å². The van der Waals surface area contributed by atoms with Crippen LogP contribution >= 0.6 is 11.6 Å². The van der Waals surface area contributed by atoms with Gasteiger partial charge in [0.05, 0.1) is 0 Å². The molecule has 0 bridgehead atoms. The fourth-order valence-corrected chi connectivity index (χ4v) is 1.65. The normalized spacial score (nSPS) is 10.4. The maximum Gasteiger partial charge on any atom is 0.159 e. The fraction of sp³-hybridized carbons (Fsp3) is 0.231. The Balaban J connectivity index is 2.24. The highest BCUT2D eigenvalue weighted by atomic mass is 35.5. The second kappa shape index (κ2) is 5.08. The molecule has 1 aromatic carbocycles. The van der Waals surface area contributed by atoms with Crippen LogP contribution in [0.1, 0.15) is 18.9 Å². The molecule has 1 heterocycles.